The first-order valence-electron chi connectivity index (χ1n) is 15.6. The second-order valence-electron chi connectivity index (χ2n) is 12.1. The molecule has 0 spiro atoms. The van der Waals surface area contributed by atoms with Gasteiger partial charge in [0.05, 0.1) is 18.5 Å². The fourth-order valence-corrected chi connectivity index (χ4v) is 7.06. The third-order valence-corrected chi connectivity index (χ3v) is 9.35. The van der Waals surface area contributed by atoms with E-state index in [9.17, 15) is 14.4 Å². The predicted octanol–water partition coefficient (Wildman–Crippen LogP) is 4.70. The van der Waals surface area contributed by atoms with Crippen molar-refractivity contribution in [2.24, 2.45) is 5.92 Å². The van der Waals surface area contributed by atoms with Crippen molar-refractivity contribution in [3.05, 3.63) is 118 Å². The second-order valence-corrected chi connectivity index (χ2v) is 12.1. The van der Waals surface area contributed by atoms with Crippen LogP contribution in [0.25, 0.3) is 0 Å². The molecule has 3 aliphatic rings. The van der Waals surface area contributed by atoms with E-state index < -0.39 is 0 Å². The first-order chi connectivity index (χ1) is 22.0. The zero-order valence-electron chi connectivity index (χ0n) is 25.4. The van der Waals surface area contributed by atoms with Crippen molar-refractivity contribution in [3.63, 3.8) is 0 Å². The van der Waals surface area contributed by atoms with Gasteiger partial charge in [-0.05, 0) is 73.0 Å². The lowest BCUT2D eigenvalue weighted by atomic mass is 9.83. The van der Waals surface area contributed by atoms with E-state index >= 15 is 0 Å². The molecule has 2 atom stereocenters. The third kappa shape index (κ3) is 5.78. The van der Waals surface area contributed by atoms with Gasteiger partial charge in [0, 0.05) is 80.3 Å². The molecule has 3 aliphatic heterocycles. The lowest BCUT2D eigenvalue weighted by molar-refractivity contribution is 0.0746. The molecule has 2 bridgehead atoms. The van der Waals surface area contributed by atoms with Crippen LogP contribution in [0, 0.1) is 5.92 Å². The van der Waals surface area contributed by atoms with Crippen LogP contribution in [0.1, 0.15) is 38.7 Å². The summed E-state index contributed by atoms with van der Waals surface area (Å²) in [5, 5.41) is 3.13. The van der Waals surface area contributed by atoms with Crippen molar-refractivity contribution in [1.29, 1.82) is 0 Å². The summed E-state index contributed by atoms with van der Waals surface area (Å²) in [5.74, 6) is 0.890. The summed E-state index contributed by atoms with van der Waals surface area (Å²) in [7, 11) is 1.59. The number of carbonyl (C=O) groups excluding carboxylic acids is 2. The molecule has 7 rings (SSSR count). The number of anilines is 3. The summed E-state index contributed by atoms with van der Waals surface area (Å²) in [4.78, 5) is 46.3. The Morgan fingerprint density at radius 1 is 0.778 bits per heavy atom. The van der Waals surface area contributed by atoms with Crippen LogP contribution in [0.5, 0.6) is 5.75 Å². The number of fused-ring (bicyclic) bond motifs is 4. The standard InChI is InChI=1S/C36H37N5O4/c1-45-30-13-10-26(11-14-30)35(43)37-31-21-27(36(44)39-18-16-38(17-19-39)29-6-3-2-4-7-29)12-15-33(31)40-22-25-20-28(24-40)32-8-5-9-34(42)41(32)23-25/h2-15,21,25,28H,16-20,22-24H2,1H3,(H,37,43). The van der Waals surface area contributed by atoms with E-state index in [0.29, 0.717) is 48.1 Å². The summed E-state index contributed by atoms with van der Waals surface area (Å²) < 4.78 is 7.18. The number of nitrogens with zero attached hydrogens (tertiary/aromatic N) is 4. The number of piperidine rings is 1. The van der Waals surface area contributed by atoms with Gasteiger partial charge in [0.2, 0.25) is 0 Å². The fourth-order valence-electron chi connectivity index (χ4n) is 7.06. The van der Waals surface area contributed by atoms with Crippen LogP contribution in [0.15, 0.2) is 95.8 Å². The first kappa shape index (κ1) is 28.7. The van der Waals surface area contributed by atoms with Crippen LogP contribution < -0.4 is 25.4 Å². The van der Waals surface area contributed by atoms with E-state index in [4.69, 9.17) is 4.74 Å². The lowest BCUT2D eigenvalue weighted by Crippen LogP contribution is -2.49. The maximum absolute atomic E-state index is 13.8. The van der Waals surface area contributed by atoms with Crippen LogP contribution in [0.3, 0.4) is 0 Å². The molecule has 9 nitrogen and oxygen atoms in total. The first-order valence-corrected chi connectivity index (χ1v) is 15.6. The largest absolute Gasteiger partial charge is 0.497 e. The minimum atomic E-state index is -0.255. The van der Waals surface area contributed by atoms with Crippen LogP contribution >= 0.6 is 0 Å². The quantitative estimate of drug-likeness (QED) is 0.344. The molecule has 4 aromatic rings. The van der Waals surface area contributed by atoms with E-state index in [0.717, 1.165) is 49.7 Å². The average molecular weight is 604 g/mol. The van der Waals surface area contributed by atoms with Crippen LogP contribution in [0.4, 0.5) is 17.1 Å². The smallest absolute Gasteiger partial charge is 0.255 e. The van der Waals surface area contributed by atoms with E-state index in [2.05, 4.69) is 33.3 Å². The average Bonchev–Trinajstić information content (AvgIpc) is 3.09. The van der Waals surface area contributed by atoms with Crippen molar-refractivity contribution in [2.45, 2.75) is 18.9 Å². The highest BCUT2D eigenvalue weighted by Gasteiger charge is 2.35. The summed E-state index contributed by atoms with van der Waals surface area (Å²) in [6.45, 7) is 4.93. The number of amides is 2. The summed E-state index contributed by atoms with van der Waals surface area (Å²) in [6.07, 6.45) is 1.03. The van der Waals surface area contributed by atoms with Gasteiger partial charge in [-0.15, -0.1) is 0 Å². The number of aromatic nitrogens is 1. The Morgan fingerprint density at radius 3 is 2.29 bits per heavy atom. The number of piperazine rings is 1. The van der Waals surface area contributed by atoms with Crippen molar-refractivity contribution in [1.82, 2.24) is 9.47 Å². The lowest BCUT2D eigenvalue weighted by Gasteiger charge is -2.44. The van der Waals surface area contributed by atoms with Gasteiger partial charge in [-0.1, -0.05) is 24.3 Å². The summed E-state index contributed by atoms with van der Waals surface area (Å²) in [6, 6.07) is 28.4. The zero-order valence-corrected chi connectivity index (χ0v) is 25.4. The Kier molecular flexibility index (Phi) is 7.75. The van der Waals surface area contributed by atoms with Gasteiger partial charge in [-0.3, -0.25) is 14.4 Å². The molecule has 1 aromatic heterocycles. The highest BCUT2D eigenvalue weighted by molar-refractivity contribution is 6.07. The Labute approximate surface area is 262 Å². The summed E-state index contributed by atoms with van der Waals surface area (Å²) >= 11 is 0. The highest BCUT2D eigenvalue weighted by Crippen LogP contribution is 2.39. The molecule has 2 amide bonds. The normalized spacial score (nSPS) is 19.1. The highest BCUT2D eigenvalue weighted by atomic mass is 16.5. The molecule has 0 aliphatic carbocycles. The van der Waals surface area contributed by atoms with Gasteiger partial charge >= 0.3 is 0 Å². The molecule has 4 heterocycles. The Balaban J connectivity index is 1.16. The number of benzene rings is 3. The molecule has 230 valence electrons. The number of para-hydroxylation sites is 1. The number of ether oxygens (including phenoxy) is 1. The van der Waals surface area contributed by atoms with Gasteiger partial charge in [0.15, 0.2) is 0 Å². The minimum absolute atomic E-state index is 0.0435. The molecule has 2 unspecified atom stereocenters. The molecule has 2 fully saturated rings. The van der Waals surface area contributed by atoms with E-state index in [1.54, 1.807) is 37.4 Å². The minimum Gasteiger partial charge on any atom is -0.497 e. The van der Waals surface area contributed by atoms with Gasteiger partial charge in [0.1, 0.15) is 5.75 Å². The molecule has 0 radical (unpaired) electrons. The number of methoxy groups -OCH3 is 1. The molecule has 0 saturated carbocycles. The zero-order chi connectivity index (χ0) is 30.9. The van der Waals surface area contributed by atoms with Crippen molar-refractivity contribution in [3.8, 4) is 5.75 Å². The number of rotatable bonds is 6. The van der Waals surface area contributed by atoms with E-state index in [-0.39, 0.29) is 23.3 Å². The number of carbonyl (C=O) groups is 2. The van der Waals surface area contributed by atoms with E-state index in [1.807, 2.05) is 51.9 Å². The SMILES string of the molecule is COc1ccc(C(=O)Nc2cc(C(=O)N3CCN(c4ccccc4)CC3)ccc2N2CC3CC(C2)c2cccc(=O)n2C3)cc1. The van der Waals surface area contributed by atoms with Gasteiger partial charge in [0.25, 0.3) is 17.4 Å². The van der Waals surface area contributed by atoms with Gasteiger partial charge in [-0.25, -0.2) is 0 Å². The Hall–Kier alpha value is -5.05. The van der Waals surface area contributed by atoms with Crippen LogP contribution in [0.2, 0.25) is 0 Å². The van der Waals surface area contributed by atoms with Crippen LogP contribution in [-0.2, 0) is 6.54 Å². The number of hydrogen-bond donors (Lipinski definition) is 1. The number of pyridine rings is 1. The van der Waals surface area contributed by atoms with Crippen molar-refractivity contribution in [2.75, 3.05) is 61.5 Å². The topological polar surface area (TPSA) is 87.1 Å². The molecular weight excluding hydrogens is 566 g/mol. The molecule has 1 N–H and O–H groups in total. The summed E-state index contributed by atoms with van der Waals surface area (Å²) in [5.41, 5.74) is 4.81. The monoisotopic (exact) mass is 603 g/mol. The maximum atomic E-state index is 13.8. The van der Waals surface area contributed by atoms with Crippen LogP contribution in [-0.4, -0.2) is 67.7 Å². The number of nitrogens with one attached hydrogen (secondary N) is 1. The number of hydrogen-bond acceptors (Lipinski definition) is 6. The molecule has 45 heavy (non-hydrogen) atoms. The van der Waals surface area contributed by atoms with Crippen molar-refractivity contribution >= 4 is 28.9 Å². The van der Waals surface area contributed by atoms with Gasteiger partial charge < -0.3 is 29.3 Å². The molecule has 2 saturated heterocycles. The predicted molar refractivity (Wildman–Crippen MR) is 176 cm³/mol. The van der Waals surface area contributed by atoms with E-state index in [1.165, 1.54) is 0 Å². The molecular formula is C36H37N5O4. The Morgan fingerprint density at radius 2 is 1.53 bits per heavy atom. The van der Waals surface area contributed by atoms with Crippen molar-refractivity contribution < 1.29 is 14.3 Å². The molecule has 9 heteroatoms. The third-order valence-electron chi connectivity index (χ3n) is 9.35. The Bertz CT molecular complexity index is 1760. The fraction of sp³-hybridized carbons (Fsp3) is 0.306. The maximum Gasteiger partial charge on any atom is 0.255 e. The second kappa shape index (κ2) is 12.1. The van der Waals surface area contributed by atoms with Gasteiger partial charge in [-0.2, -0.15) is 0 Å². The molecule has 3 aromatic carbocycles.